The normalized spacial score (nSPS) is 10.7. The van der Waals surface area contributed by atoms with E-state index in [1.807, 2.05) is 18.2 Å². The van der Waals surface area contributed by atoms with Gasteiger partial charge in [0.25, 0.3) is 0 Å². The lowest BCUT2D eigenvalue weighted by molar-refractivity contribution is 0.286. The number of hydrogen-bond donors (Lipinski definition) is 1. The Labute approximate surface area is 99.9 Å². The summed E-state index contributed by atoms with van der Waals surface area (Å²) >= 11 is 3.47. The van der Waals surface area contributed by atoms with Crippen molar-refractivity contribution in [2.75, 3.05) is 6.61 Å². The average Bonchev–Trinajstić information content (AvgIpc) is 2.17. The highest BCUT2D eigenvalue weighted by Gasteiger charge is 2.05. The van der Waals surface area contributed by atoms with E-state index in [2.05, 4.69) is 29.8 Å². The minimum atomic E-state index is 0.498. The van der Waals surface area contributed by atoms with Crippen LogP contribution in [0.25, 0.3) is 0 Å². The summed E-state index contributed by atoms with van der Waals surface area (Å²) in [6.45, 7) is 5.63. The fraction of sp³-hybridized carbons (Fsp3) is 0.500. The summed E-state index contributed by atoms with van der Waals surface area (Å²) < 4.78 is 6.73. The molecule has 0 bridgehead atoms. The molecule has 2 nitrogen and oxygen atoms in total. The van der Waals surface area contributed by atoms with Gasteiger partial charge in [0.1, 0.15) is 5.75 Å². The van der Waals surface area contributed by atoms with Gasteiger partial charge in [0.15, 0.2) is 0 Å². The lowest BCUT2D eigenvalue weighted by atomic mass is 10.1. The second-order valence-electron chi connectivity index (χ2n) is 3.95. The Morgan fingerprint density at radius 1 is 1.40 bits per heavy atom. The molecular weight excluding hydrogens is 254 g/mol. The van der Waals surface area contributed by atoms with Gasteiger partial charge < -0.3 is 10.5 Å². The minimum Gasteiger partial charge on any atom is -0.493 e. The zero-order valence-corrected chi connectivity index (χ0v) is 10.9. The van der Waals surface area contributed by atoms with Crippen LogP contribution in [0.3, 0.4) is 0 Å². The van der Waals surface area contributed by atoms with Gasteiger partial charge in [-0.2, -0.15) is 0 Å². The van der Waals surface area contributed by atoms with Crippen molar-refractivity contribution < 1.29 is 4.74 Å². The van der Waals surface area contributed by atoms with Gasteiger partial charge in [-0.1, -0.05) is 35.8 Å². The number of hydrogen-bond acceptors (Lipinski definition) is 2. The molecule has 0 radical (unpaired) electrons. The van der Waals surface area contributed by atoms with Crippen LogP contribution in [0.1, 0.15) is 25.8 Å². The third kappa shape index (κ3) is 3.84. The first-order valence-electron chi connectivity index (χ1n) is 5.25. The maximum Gasteiger partial charge on any atom is 0.124 e. The van der Waals surface area contributed by atoms with Crippen LogP contribution < -0.4 is 10.5 Å². The van der Waals surface area contributed by atoms with Gasteiger partial charge >= 0.3 is 0 Å². The predicted octanol–water partition coefficient (Wildman–Crippen LogP) is 3.33. The molecule has 1 aromatic rings. The monoisotopic (exact) mass is 271 g/mol. The van der Waals surface area contributed by atoms with Crippen LogP contribution in [0.15, 0.2) is 22.7 Å². The highest BCUT2D eigenvalue weighted by atomic mass is 79.9. The van der Waals surface area contributed by atoms with Crippen molar-refractivity contribution >= 4 is 15.9 Å². The molecule has 1 rings (SSSR count). The number of rotatable bonds is 5. The zero-order valence-electron chi connectivity index (χ0n) is 9.29. The standard InChI is InChI=1S/C12H18BrNO/c1-9(2)6-7-15-12-5-3-4-11(13)10(12)8-14/h3-5,9H,6-8,14H2,1-2H3. The first-order valence-corrected chi connectivity index (χ1v) is 6.04. The zero-order chi connectivity index (χ0) is 11.3. The molecule has 0 heterocycles. The van der Waals surface area contributed by atoms with Gasteiger partial charge in [-0.25, -0.2) is 0 Å². The maximum atomic E-state index is 5.71. The molecule has 0 atom stereocenters. The fourth-order valence-electron chi connectivity index (χ4n) is 1.28. The molecular formula is C12H18BrNO. The van der Waals surface area contributed by atoms with E-state index in [-0.39, 0.29) is 0 Å². The van der Waals surface area contributed by atoms with Crippen LogP contribution in [0.4, 0.5) is 0 Å². The summed E-state index contributed by atoms with van der Waals surface area (Å²) in [6, 6.07) is 5.92. The van der Waals surface area contributed by atoms with Crippen molar-refractivity contribution in [3.05, 3.63) is 28.2 Å². The van der Waals surface area contributed by atoms with Gasteiger partial charge in [0.05, 0.1) is 6.61 Å². The molecule has 0 aliphatic heterocycles. The van der Waals surface area contributed by atoms with E-state index in [1.54, 1.807) is 0 Å². The maximum absolute atomic E-state index is 5.71. The Kier molecular flexibility index (Phi) is 5.12. The van der Waals surface area contributed by atoms with E-state index in [0.29, 0.717) is 12.5 Å². The Hall–Kier alpha value is -0.540. The quantitative estimate of drug-likeness (QED) is 0.892. The molecule has 0 amide bonds. The highest BCUT2D eigenvalue weighted by Crippen LogP contribution is 2.26. The van der Waals surface area contributed by atoms with E-state index in [4.69, 9.17) is 10.5 Å². The molecule has 0 aliphatic rings. The summed E-state index contributed by atoms with van der Waals surface area (Å²) in [5.74, 6) is 1.56. The van der Waals surface area contributed by atoms with Crippen molar-refractivity contribution in [1.29, 1.82) is 0 Å². The van der Waals surface area contributed by atoms with Crippen molar-refractivity contribution in [2.45, 2.75) is 26.8 Å². The van der Waals surface area contributed by atoms with Crippen LogP contribution in [0.5, 0.6) is 5.75 Å². The van der Waals surface area contributed by atoms with Crippen LogP contribution in [-0.4, -0.2) is 6.61 Å². The molecule has 3 heteroatoms. The highest BCUT2D eigenvalue weighted by molar-refractivity contribution is 9.10. The minimum absolute atomic E-state index is 0.498. The molecule has 0 saturated heterocycles. The molecule has 0 spiro atoms. The molecule has 2 N–H and O–H groups in total. The topological polar surface area (TPSA) is 35.2 Å². The SMILES string of the molecule is CC(C)CCOc1cccc(Br)c1CN. The first kappa shape index (κ1) is 12.5. The van der Waals surface area contributed by atoms with Gasteiger partial charge in [0.2, 0.25) is 0 Å². The van der Waals surface area contributed by atoms with Crippen molar-refractivity contribution in [1.82, 2.24) is 0 Å². The third-order valence-corrected chi connectivity index (χ3v) is 2.98. The summed E-state index contributed by atoms with van der Waals surface area (Å²) in [6.07, 6.45) is 1.07. The Morgan fingerprint density at radius 2 is 2.13 bits per heavy atom. The summed E-state index contributed by atoms with van der Waals surface area (Å²) in [7, 11) is 0. The van der Waals surface area contributed by atoms with E-state index in [1.165, 1.54) is 0 Å². The second kappa shape index (κ2) is 6.13. The number of ether oxygens (including phenoxy) is 1. The number of benzene rings is 1. The van der Waals surface area contributed by atoms with Gasteiger partial charge in [-0.05, 0) is 24.5 Å². The van der Waals surface area contributed by atoms with E-state index in [9.17, 15) is 0 Å². The Bertz CT molecular complexity index is 312. The summed E-state index contributed by atoms with van der Waals surface area (Å²) in [5, 5.41) is 0. The molecule has 0 aliphatic carbocycles. The Balaban J connectivity index is 2.64. The van der Waals surface area contributed by atoms with Gasteiger partial charge in [0, 0.05) is 16.6 Å². The largest absolute Gasteiger partial charge is 0.493 e. The summed E-state index contributed by atoms with van der Waals surface area (Å²) in [4.78, 5) is 0. The smallest absolute Gasteiger partial charge is 0.124 e. The molecule has 1 aromatic carbocycles. The van der Waals surface area contributed by atoms with Crippen molar-refractivity contribution in [3.8, 4) is 5.75 Å². The first-order chi connectivity index (χ1) is 7.15. The van der Waals surface area contributed by atoms with Crippen LogP contribution >= 0.6 is 15.9 Å². The van der Waals surface area contributed by atoms with Crippen LogP contribution in [0, 0.1) is 5.92 Å². The van der Waals surface area contributed by atoms with E-state index in [0.717, 1.165) is 28.8 Å². The van der Waals surface area contributed by atoms with Crippen molar-refractivity contribution in [2.24, 2.45) is 11.7 Å². The predicted molar refractivity (Wildman–Crippen MR) is 67.0 cm³/mol. The molecule has 15 heavy (non-hydrogen) atoms. The van der Waals surface area contributed by atoms with Crippen LogP contribution in [0.2, 0.25) is 0 Å². The Morgan fingerprint density at radius 3 is 2.73 bits per heavy atom. The van der Waals surface area contributed by atoms with Gasteiger partial charge in [-0.15, -0.1) is 0 Å². The van der Waals surface area contributed by atoms with E-state index >= 15 is 0 Å². The van der Waals surface area contributed by atoms with E-state index < -0.39 is 0 Å². The molecule has 0 aromatic heterocycles. The third-order valence-electron chi connectivity index (χ3n) is 2.23. The average molecular weight is 272 g/mol. The van der Waals surface area contributed by atoms with Crippen molar-refractivity contribution in [3.63, 3.8) is 0 Å². The fourth-order valence-corrected chi connectivity index (χ4v) is 1.79. The lowest BCUT2D eigenvalue weighted by Crippen LogP contribution is -2.06. The molecule has 0 saturated carbocycles. The second-order valence-corrected chi connectivity index (χ2v) is 4.81. The molecule has 0 unspecified atom stereocenters. The lowest BCUT2D eigenvalue weighted by Gasteiger charge is -2.12. The molecule has 84 valence electrons. The summed E-state index contributed by atoms with van der Waals surface area (Å²) in [5.41, 5.74) is 6.72. The molecule has 0 fully saturated rings. The number of nitrogens with two attached hydrogens (primary N) is 1. The van der Waals surface area contributed by atoms with Gasteiger partial charge in [-0.3, -0.25) is 0 Å². The van der Waals surface area contributed by atoms with Crippen LogP contribution in [-0.2, 0) is 6.54 Å². The number of halogens is 1.